The predicted molar refractivity (Wildman–Crippen MR) is 217 cm³/mol. The van der Waals surface area contributed by atoms with Gasteiger partial charge in [0.15, 0.2) is 0 Å². The summed E-state index contributed by atoms with van der Waals surface area (Å²) in [6, 6.07) is 16.3. The zero-order valence-electron chi connectivity index (χ0n) is 31.7. The average Bonchev–Trinajstić information content (AvgIpc) is 3.79. The van der Waals surface area contributed by atoms with E-state index in [1.165, 1.54) is 10.1 Å². The van der Waals surface area contributed by atoms with Crippen LogP contribution in [-0.4, -0.2) is 82.6 Å². The zero-order chi connectivity index (χ0) is 37.2. The molecular weight excluding hydrogens is 689 g/mol. The van der Waals surface area contributed by atoms with E-state index in [0.29, 0.717) is 25.6 Å². The second-order valence-electron chi connectivity index (χ2n) is 15.7. The fourth-order valence-electron chi connectivity index (χ4n) is 5.98. The number of nitrogens with zero attached hydrogens (tertiary/aromatic N) is 7. The lowest BCUT2D eigenvalue weighted by molar-refractivity contribution is 0.0525. The molecule has 0 aliphatic carbocycles. The van der Waals surface area contributed by atoms with Crippen molar-refractivity contribution in [3.8, 4) is 21.6 Å². The Kier molecular flexibility index (Phi) is 10.8. The minimum atomic E-state index is -1.23. The number of hydrogen-bond donors (Lipinski definition) is 1. The highest BCUT2D eigenvalue weighted by Gasteiger charge is 2.22. The van der Waals surface area contributed by atoms with Crippen LogP contribution >= 0.6 is 11.3 Å². The van der Waals surface area contributed by atoms with E-state index in [2.05, 4.69) is 95.1 Å². The van der Waals surface area contributed by atoms with Gasteiger partial charge in [0, 0.05) is 73.6 Å². The standard InChI is InChI=1S/C39H50N8O3SSi/c1-26(14-15-40-38(48)50-39(2,3)4)46-23-31(35-32(46)22-41-37(44-35)42-24-45(5)6)28-18-29-21-43-47(25-49-16-17-52(7,8)9)36(29)30(19-28)34-20-27-12-10-11-13-33(27)51-34/h10-13,18-24,26H,14-17,25H2,1-9H3,(H,40,48)/b42-24+. The maximum Gasteiger partial charge on any atom is 0.407 e. The highest BCUT2D eigenvalue weighted by Crippen LogP contribution is 2.42. The summed E-state index contributed by atoms with van der Waals surface area (Å²) in [5.74, 6) is 0.383. The Bertz CT molecular complexity index is 2190. The number of benzene rings is 2. The lowest BCUT2D eigenvalue weighted by atomic mass is 10.0. The van der Waals surface area contributed by atoms with E-state index in [-0.39, 0.29) is 6.04 Å². The number of fused-ring (bicyclic) bond motifs is 3. The van der Waals surface area contributed by atoms with E-state index in [4.69, 9.17) is 19.6 Å². The van der Waals surface area contributed by atoms with E-state index in [9.17, 15) is 4.79 Å². The Balaban J connectivity index is 1.44. The molecule has 0 fully saturated rings. The van der Waals surface area contributed by atoms with Crippen molar-refractivity contribution in [3.05, 3.63) is 61.1 Å². The molecule has 1 amide bonds. The molecule has 11 nitrogen and oxygen atoms in total. The number of aliphatic imine (C=N–C) groups is 1. The zero-order valence-corrected chi connectivity index (χ0v) is 33.5. The molecule has 0 aliphatic heterocycles. The summed E-state index contributed by atoms with van der Waals surface area (Å²) in [4.78, 5) is 29.5. The summed E-state index contributed by atoms with van der Waals surface area (Å²) in [6.45, 7) is 16.4. The molecule has 6 rings (SSSR count). The Labute approximate surface area is 310 Å². The highest BCUT2D eigenvalue weighted by atomic mass is 32.1. The summed E-state index contributed by atoms with van der Waals surface area (Å²) in [5.41, 5.74) is 5.25. The molecule has 0 spiro atoms. The Morgan fingerprint density at radius 2 is 1.88 bits per heavy atom. The predicted octanol–water partition coefficient (Wildman–Crippen LogP) is 9.34. The first-order valence-electron chi connectivity index (χ1n) is 17.8. The normalized spacial score (nSPS) is 13.1. The average molecular weight is 739 g/mol. The Hall–Kier alpha value is -4.59. The third-order valence-corrected chi connectivity index (χ3v) is 11.5. The van der Waals surface area contributed by atoms with E-state index in [1.54, 1.807) is 17.7 Å². The number of thiophene rings is 1. The number of carbonyl (C=O) groups is 1. The number of ether oxygens (including phenoxy) is 2. The summed E-state index contributed by atoms with van der Waals surface area (Å²) < 4.78 is 17.1. The molecule has 0 saturated carbocycles. The molecule has 0 saturated heterocycles. The largest absolute Gasteiger partial charge is 0.444 e. The van der Waals surface area contributed by atoms with Crippen molar-refractivity contribution in [1.82, 2.24) is 34.5 Å². The van der Waals surface area contributed by atoms with Crippen LogP contribution in [-0.2, 0) is 16.2 Å². The lowest BCUT2D eigenvalue weighted by Gasteiger charge is -2.20. The van der Waals surface area contributed by atoms with Crippen molar-refractivity contribution in [2.75, 3.05) is 27.2 Å². The molecule has 4 aromatic heterocycles. The van der Waals surface area contributed by atoms with Crippen LogP contribution in [0.1, 0.15) is 40.2 Å². The van der Waals surface area contributed by atoms with Crippen LogP contribution in [0.3, 0.4) is 0 Å². The van der Waals surface area contributed by atoms with E-state index in [0.717, 1.165) is 56.2 Å². The third-order valence-electron chi connectivity index (χ3n) is 8.61. The first-order valence-corrected chi connectivity index (χ1v) is 22.3. The van der Waals surface area contributed by atoms with E-state index in [1.807, 2.05) is 56.8 Å². The first-order chi connectivity index (χ1) is 24.6. The smallest absolute Gasteiger partial charge is 0.407 e. The lowest BCUT2D eigenvalue weighted by Crippen LogP contribution is -2.33. The Morgan fingerprint density at radius 3 is 2.62 bits per heavy atom. The summed E-state index contributed by atoms with van der Waals surface area (Å²) >= 11 is 1.78. The molecule has 0 aliphatic rings. The molecule has 1 N–H and O–H groups in total. The van der Waals surface area contributed by atoms with Gasteiger partial charge in [-0.3, -0.25) is 0 Å². The van der Waals surface area contributed by atoms with Gasteiger partial charge in [0.25, 0.3) is 5.95 Å². The number of alkyl carbamates (subject to hydrolysis) is 1. The van der Waals surface area contributed by atoms with Gasteiger partial charge < -0.3 is 24.3 Å². The van der Waals surface area contributed by atoms with Gasteiger partial charge in [-0.1, -0.05) is 37.8 Å². The van der Waals surface area contributed by atoms with E-state index >= 15 is 0 Å². The van der Waals surface area contributed by atoms with Crippen molar-refractivity contribution >= 4 is 69.8 Å². The molecule has 0 bridgehead atoms. The maximum absolute atomic E-state index is 12.4. The molecule has 4 heterocycles. The first kappa shape index (κ1) is 37.2. The molecule has 6 aromatic rings. The minimum absolute atomic E-state index is 0.0211. The van der Waals surface area contributed by atoms with Gasteiger partial charge in [-0.25, -0.2) is 24.4 Å². The third kappa shape index (κ3) is 8.88. The molecule has 13 heteroatoms. The van der Waals surface area contributed by atoms with Gasteiger partial charge in [-0.05, 0) is 75.4 Å². The highest BCUT2D eigenvalue weighted by molar-refractivity contribution is 7.22. The molecule has 274 valence electrons. The van der Waals surface area contributed by atoms with Gasteiger partial charge in [-0.15, -0.1) is 11.3 Å². The minimum Gasteiger partial charge on any atom is -0.444 e. The second kappa shape index (κ2) is 15.2. The number of rotatable bonds is 13. The number of hydrogen-bond acceptors (Lipinski definition) is 8. The van der Waals surface area contributed by atoms with E-state index < -0.39 is 19.8 Å². The SMILES string of the molecule is CC(CCNC(=O)OC(C)(C)C)n1cc(-c2cc(-c3cc4ccccc4s3)c3c(cnn3COCC[Si](C)(C)C)c2)c2nc(/N=C/N(C)C)ncc21. The van der Waals surface area contributed by atoms with Gasteiger partial charge in [0.2, 0.25) is 0 Å². The van der Waals surface area contributed by atoms with Crippen LogP contribution in [0.4, 0.5) is 10.7 Å². The van der Waals surface area contributed by atoms with Crippen LogP contribution in [0, 0.1) is 0 Å². The maximum atomic E-state index is 12.4. The van der Waals surface area contributed by atoms with Gasteiger partial charge in [0.05, 0.1) is 29.8 Å². The van der Waals surface area contributed by atoms with Crippen molar-refractivity contribution < 1.29 is 14.3 Å². The second-order valence-corrected chi connectivity index (χ2v) is 22.4. The molecule has 2 aromatic carbocycles. The summed E-state index contributed by atoms with van der Waals surface area (Å²) in [6.07, 6.45) is 7.88. The van der Waals surface area contributed by atoms with Crippen molar-refractivity contribution in [3.63, 3.8) is 0 Å². The summed E-state index contributed by atoms with van der Waals surface area (Å²) in [7, 11) is 2.61. The van der Waals surface area contributed by atoms with Crippen molar-refractivity contribution in [1.29, 1.82) is 0 Å². The molecular formula is C39H50N8O3SSi. The number of amides is 1. The van der Waals surface area contributed by atoms with Gasteiger partial charge in [-0.2, -0.15) is 5.10 Å². The molecule has 1 unspecified atom stereocenters. The van der Waals surface area contributed by atoms with Crippen molar-refractivity contribution in [2.45, 2.75) is 78.2 Å². The molecule has 52 heavy (non-hydrogen) atoms. The van der Waals surface area contributed by atoms with Crippen LogP contribution in [0.2, 0.25) is 25.7 Å². The number of aromatic nitrogens is 5. The van der Waals surface area contributed by atoms with Gasteiger partial charge in [0.1, 0.15) is 17.8 Å². The molecule has 1 atom stereocenters. The fourth-order valence-corrected chi connectivity index (χ4v) is 7.82. The van der Waals surface area contributed by atoms with Crippen LogP contribution in [0.15, 0.2) is 66.0 Å². The molecule has 0 radical (unpaired) electrons. The Morgan fingerprint density at radius 1 is 1.10 bits per heavy atom. The number of nitrogens with one attached hydrogen (secondary N) is 1. The monoisotopic (exact) mass is 738 g/mol. The quantitative estimate of drug-likeness (QED) is 0.0544. The van der Waals surface area contributed by atoms with Crippen LogP contribution < -0.4 is 5.32 Å². The van der Waals surface area contributed by atoms with Crippen LogP contribution in [0.25, 0.3) is 53.6 Å². The summed E-state index contributed by atoms with van der Waals surface area (Å²) in [5, 5.41) is 9.97. The van der Waals surface area contributed by atoms with Crippen LogP contribution in [0.5, 0.6) is 0 Å². The number of carbonyl (C=O) groups excluding carboxylic acids is 1. The fraction of sp³-hybridized carbons (Fsp3) is 0.410. The van der Waals surface area contributed by atoms with Gasteiger partial charge >= 0.3 is 6.09 Å². The topological polar surface area (TPSA) is 112 Å². The van der Waals surface area contributed by atoms with Crippen molar-refractivity contribution in [2.24, 2.45) is 4.99 Å².